The molecule has 5 heteroatoms. The Morgan fingerprint density at radius 3 is 2.77 bits per heavy atom. The minimum atomic E-state index is -0.386. The number of carbonyl (C=O) groups is 1. The number of methoxy groups -OCH3 is 1. The maximum atomic E-state index is 11.0. The second-order valence-corrected chi connectivity index (χ2v) is 7.12. The molecule has 0 aromatic heterocycles. The van der Waals surface area contributed by atoms with Crippen LogP contribution in [-0.2, 0) is 30.3 Å². The van der Waals surface area contributed by atoms with Gasteiger partial charge in [0.05, 0.1) is 24.9 Å². The summed E-state index contributed by atoms with van der Waals surface area (Å²) in [7, 11) is 1.60. The van der Waals surface area contributed by atoms with E-state index in [-0.39, 0.29) is 31.2 Å². The van der Waals surface area contributed by atoms with E-state index < -0.39 is 0 Å². The van der Waals surface area contributed by atoms with E-state index in [0.717, 1.165) is 17.4 Å². The fourth-order valence-electron chi connectivity index (χ4n) is 3.16. The van der Waals surface area contributed by atoms with E-state index in [1.165, 1.54) is 6.08 Å². The van der Waals surface area contributed by atoms with E-state index in [4.69, 9.17) is 18.9 Å². The Kier molecular flexibility index (Phi) is 11.0. The molecule has 2 rings (SSSR count). The summed E-state index contributed by atoms with van der Waals surface area (Å²) in [6.45, 7) is 6.47. The van der Waals surface area contributed by atoms with Gasteiger partial charge in [0.2, 0.25) is 0 Å². The maximum Gasteiger partial charge on any atom is 0.147 e. The number of aldehydes is 1. The van der Waals surface area contributed by atoms with Gasteiger partial charge in [0, 0.05) is 13.5 Å². The minimum absolute atomic E-state index is 0.160. The van der Waals surface area contributed by atoms with Gasteiger partial charge in [0.1, 0.15) is 19.2 Å². The lowest BCUT2D eigenvalue weighted by Gasteiger charge is -2.28. The van der Waals surface area contributed by atoms with Crippen LogP contribution in [0.3, 0.4) is 0 Å². The zero-order chi connectivity index (χ0) is 21.6. The van der Waals surface area contributed by atoms with Crippen molar-refractivity contribution in [1.29, 1.82) is 0 Å². The molecule has 0 radical (unpaired) electrons. The molecule has 1 aromatic rings. The third-order valence-electron chi connectivity index (χ3n) is 4.74. The molecule has 0 saturated carbocycles. The molecule has 1 aromatic carbocycles. The van der Waals surface area contributed by atoms with E-state index in [1.54, 1.807) is 19.3 Å². The standard InChI is InChI=1S/C25H32O5/c1-4-20(2)16-23-17-22(29-19-27-3)12-8-13-24(25(30-23)14-9-15-26)28-18-21-10-6-5-7-11-21/h4-12,14-16,22-25H,1,13,17-19H2,2-3H3/b12-8-,14-9+,20-16-/t22-,23+,24+,25-/m1/s1. The van der Waals surface area contributed by atoms with Crippen molar-refractivity contribution >= 4 is 6.29 Å². The Morgan fingerprint density at radius 1 is 1.27 bits per heavy atom. The summed E-state index contributed by atoms with van der Waals surface area (Å²) in [5.41, 5.74) is 2.09. The second-order valence-electron chi connectivity index (χ2n) is 7.12. The lowest BCUT2D eigenvalue weighted by atomic mass is 10.1. The first-order chi connectivity index (χ1) is 14.7. The first-order valence-electron chi connectivity index (χ1n) is 10.2. The van der Waals surface area contributed by atoms with Crippen LogP contribution in [0.1, 0.15) is 25.3 Å². The zero-order valence-electron chi connectivity index (χ0n) is 17.8. The van der Waals surface area contributed by atoms with Crippen molar-refractivity contribution in [3.8, 4) is 0 Å². The molecule has 0 aliphatic carbocycles. The van der Waals surface area contributed by atoms with Crippen molar-refractivity contribution in [2.75, 3.05) is 13.9 Å². The topological polar surface area (TPSA) is 54.0 Å². The second kappa shape index (κ2) is 13.8. The first-order valence-corrected chi connectivity index (χ1v) is 10.2. The number of rotatable bonds is 10. The maximum absolute atomic E-state index is 11.0. The number of allylic oxidation sites excluding steroid dienone is 3. The minimum Gasteiger partial charge on any atom is -0.370 e. The number of hydrogen-bond donors (Lipinski definition) is 0. The average molecular weight is 413 g/mol. The Morgan fingerprint density at radius 2 is 2.07 bits per heavy atom. The van der Waals surface area contributed by atoms with Crippen LogP contribution in [0.5, 0.6) is 0 Å². The van der Waals surface area contributed by atoms with Gasteiger partial charge in [-0.25, -0.2) is 0 Å². The van der Waals surface area contributed by atoms with Gasteiger partial charge >= 0.3 is 0 Å². The van der Waals surface area contributed by atoms with Crippen LogP contribution < -0.4 is 0 Å². The van der Waals surface area contributed by atoms with E-state index >= 15 is 0 Å². The largest absolute Gasteiger partial charge is 0.370 e. The molecule has 162 valence electrons. The van der Waals surface area contributed by atoms with E-state index in [2.05, 4.69) is 6.58 Å². The molecule has 1 heterocycles. The predicted molar refractivity (Wildman–Crippen MR) is 118 cm³/mol. The Bertz CT molecular complexity index is 722. The highest BCUT2D eigenvalue weighted by atomic mass is 16.7. The monoisotopic (exact) mass is 412 g/mol. The third kappa shape index (κ3) is 8.59. The highest BCUT2D eigenvalue weighted by molar-refractivity contribution is 5.64. The van der Waals surface area contributed by atoms with Crippen molar-refractivity contribution < 1.29 is 23.7 Å². The quantitative estimate of drug-likeness (QED) is 0.185. The molecule has 5 nitrogen and oxygen atoms in total. The molecule has 4 atom stereocenters. The van der Waals surface area contributed by atoms with Crippen LogP contribution in [0.4, 0.5) is 0 Å². The molecule has 0 fully saturated rings. The zero-order valence-corrected chi connectivity index (χ0v) is 17.8. The molecule has 0 spiro atoms. The molecule has 0 saturated heterocycles. The summed E-state index contributed by atoms with van der Waals surface area (Å²) in [5.74, 6) is 0. The molecule has 0 bridgehead atoms. The number of benzene rings is 1. The molecule has 30 heavy (non-hydrogen) atoms. The van der Waals surface area contributed by atoms with Gasteiger partial charge in [-0.15, -0.1) is 0 Å². The summed E-state index contributed by atoms with van der Waals surface area (Å²) in [5, 5.41) is 0. The molecular formula is C25H32O5. The van der Waals surface area contributed by atoms with E-state index in [0.29, 0.717) is 19.4 Å². The summed E-state index contributed by atoms with van der Waals surface area (Å²) >= 11 is 0. The van der Waals surface area contributed by atoms with Crippen LogP contribution in [-0.4, -0.2) is 44.6 Å². The van der Waals surface area contributed by atoms with Crippen LogP contribution >= 0.6 is 0 Å². The van der Waals surface area contributed by atoms with Gasteiger partial charge in [-0.05, 0) is 25.0 Å². The lowest BCUT2D eigenvalue weighted by molar-refractivity contribution is -0.104. The van der Waals surface area contributed by atoms with Crippen LogP contribution in [0.15, 0.2) is 78.9 Å². The lowest BCUT2D eigenvalue weighted by Crippen LogP contribution is -2.33. The average Bonchev–Trinajstić information content (AvgIpc) is 2.84. The summed E-state index contributed by atoms with van der Waals surface area (Å²) < 4.78 is 23.5. The SMILES string of the molecule is C=C/C(C)=C\[C@H]1C[C@H](OCOC)/C=C\C[C@H](OCc2ccccc2)[C@@H](/C=C/C=O)O1. The number of hydrogen-bond acceptors (Lipinski definition) is 5. The fourth-order valence-corrected chi connectivity index (χ4v) is 3.16. The summed E-state index contributed by atoms with van der Waals surface area (Å²) in [6, 6.07) is 9.99. The predicted octanol–water partition coefficient (Wildman–Crippen LogP) is 4.55. The van der Waals surface area contributed by atoms with Crippen LogP contribution in [0.25, 0.3) is 0 Å². The van der Waals surface area contributed by atoms with Gasteiger partial charge < -0.3 is 18.9 Å². The first kappa shape index (κ1) is 24.0. The van der Waals surface area contributed by atoms with Crippen molar-refractivity contribution in [3.05, 3.63) is 84.5 Å². The molecule has 1 aliphatic heterocycles. The Labute approximate surface area is 179 Å². The van der Waals surface area contributed by atoms with Gasteiger partial charge in [-0.3, -0.25) is 4.79 Å². The van der Waals surface area contributed by atoms with Crippen molar-refractivity contribution in [3.63, 3.8) is 0 Å². The Hall–Kier alpha value is -2.31. The van der Waals surface area contributed by atoms with Crippen molar-refractivity contribution in [1.82, 2.24) is 0 Å². The molecule has 0 amide bonds. The van der Waals surface area contributed by atoms with E-state index in [9.17, 15) is 4.79 Å². The molecule has 0 unspecified atom stereocenters. The van der Waals surface area contributed by atoms with Gasteiger partial charge in [-0.1, -0.05) is 72.9 Å². The Balaban J connectivity index is 2.25. The van der Waals surface area contributed by atoms with Crippen LogP contribution in [0, 0.1) is 0 Å². The van der Waals surface area contributed by atoms with Crippen molar-refractivity contribution in [2.45, 2.75) is 50.8 Å². The van der Waals surface area contributed by atoms with Crippen LogP contribution in [0.2, 0.25) is 0 Å². The smallest absolute Gasteiger partial charge is 0.147 e. The third-order valence-corrected chi connectivity index (χ3v) is 4.74. The summed E-state index contributed by atoms with van der Waals surface area (Å²) in [4.78, 5) is 11.0. The normalized spacial score (nSPS) is 26.5. The fraction of sp³-hybridized carbons (Fsp3) is 0.400. The van der Waals surface area contributed by atoms with Gasteiger partial charge in [0.15, 0.2) is 0 Å². The molecular weight excluding hydrogens is 380 g/mol. The number of ether oxygens (including phenoxy) is 4. The highest BCUT2D eigenvalue weighted by Gasteiger charge is 2.26. The van der Waals surface area contributed by atoms with Crippen molar-refractivity contribution in [2.24, 2.45) is 0 Å². The van der Waals surface area contributed by atoms with Gasteiger partial charge in [0.25, 0.3) is 0 Å². The number of carbonyl (C=O) groups excluding carboxylic acids is 1. The van der Waals surface area contributed by atoms with Gasteiger partial charge in [-0.2, -0.15) is 0 Å². The van der Waals surface area contributed by atoms with E-state index in [1.807, 2.05) is 55.5 Å². The molecule has 0 N–H and O–H groups in total. The summed E-state index contributed by atoms with van der Waals surface area (Å²) in [6.07, 6.45) is 12.1. The molecule has 1 aliphatic rings. The highest BCUT2D eigenvalue weighted by Crippen LogP contribution is 2.22.